The quantitative estimate of drug-likeness (QED) is 0.492. The number of benzene rings is 1. The van der Waals surface area contributed by atoms with E-state index >= 15 is 0 Å². The number of aliphatic imine (C=N–C) groups is 1. The molecule has 1 aromatic carbocycles. The lowest BCUT2D eigenvalue weighted by atomic mass is 9.98. The van der Waals surface area contributed by atoms with Crippen LogP contribution in [0.25, 0.3) is 0 Å². The Hall–Kier alpha value is -2.08. The second kappa shape index (κ2) is 11.2. The van der Waals surface area contributed by atoms with E-state index in [9.17, 15) is 4.79 Å². The summed E-state index contributed by atoms with van der Waals surface area (Å²) in [5, 5.41) is 6.80. The van der Waals surface area contributed by atoms with E-state index in [1.165, 1.54) is 31.2 Å². The van der Waals surface area contributed by atoms with Gasteiger partial charge in [0, 0.05) is 45.4 Å². The van der Waals surface area contributed by atoms with Gasteiger partial charge in [-0.3, -0.25) is 9.79 Å². The van der Waals surface area contributed by atoms with Gasteiger partial charge in [-0.1, -0.05) is 25.0 Å². The van der Waals surface area contributed by atoms with Gasteiger partial charge in [-0.15, -0.1) is 0 Å². The van der Waals surface area contributed by atoms with Gasteiger partial charge in [-0.2, -0.15) is 0 Å². The van der Waals surface area contributed by atoms with Crippen molar-refractivity contribution in [1.29, 1.82) is 0 Å². The van der Waals surface area contributed by atoms with Crippen molar-refractivity contribution in [2.24, 2.45) is 10.9 Å². The maximum Gasteiger partial charge on any atom is 0.227 e. The number of guanidine groups is 1. The van der Waals surface area contributed by atoms with Crippen LogP contribution in [0.15, 0.2) is 29.3 Å². The maximum absolute atomic E-state index is 11.9. The Bertz CT molecular complexity index is 668. The highest BCUT2D eigenvalue weighted by atomic mass is 16.5. The second-order valence-corrected chi connectivity index (χ2v) is 7.99. The number of hydrogen-bond donors (Lipinski definition) is 2. The minimum atomic E-state index is 0.225. The van der Waals surface area contributed by atoms with Crippen molar-refractivity contribution in [2.75, 3.05) is 31.6 Å². The van der Waals surface area contributed by atoms with Gasteiger partial charge in [0.05, 0.1) is 6.10 Å². The molecule has 1 saturated heterocycles. The summed E-state index contributed by atoms with van der Waals surface area (Å²) in [6.45, 7) is 5.26. The minimum Gasteiger partial charge on any atom is -0.378 e. The predicted octanol–water partition coefficient (Wildman–Crippen LogP) is 3.46. The molecule has 29 heavy (non-hydrogen) atoms. The SMILES string of the molecule is CCOC(CCNC(=NC)NCc1ccc(N2CCCC2=O)cc1)C1CCCC1. The highest BCUT2D eigenvalue weighted by Crippen LogP contribution is 2.30. The fourth-order valence-electron chi connectivity index (χ4n) is 4.45. The van der Waals surface area contributed by atoms with E-state index in [0.717, 1.165) is 44.2 Å². The first-order valence-electron chi connectivity index (χ1n) is 11.2. The van der Waals surface area contributed by atoms with Gasteiger partial charge in [0.25, 0.3) is 0 Å². The number of hydrogen-bond acceptors (Lipinski definition) is 3. The number of carbonyl (C=O) groups excluding carboxylic acids is 1. The molecule has 0 aromatic heterocycles. The van der Waals surface area contributed by atoms with Crippen LogP contribution in [-0.4, -0.2) is 44.7 Å². The minimum absolute atomic E-state index is 0.225. The molecule has 1 atom stereocenters. The molecule has 3 rings (SSSR count). The van der Waals surface area contributed by atoms with Gasteiger partial charge >= 0.3 is 0 Å². The number of carbonyl (C=O) groups is 1. The van der Waals surface area contributed by atoms with Crippen molar-refractivity contribution in [3.8, 4) is 0 Å². The highest BCUT2D eigenvalue weighted by Gasteiger charge is 2.25. The molecule has 2 fully saturated rings. The molecule has 0 radical (unpaired) electrons. The van der Waals surface area contributed by atoms with Gasteiger partial charge in [0.1, 0.15) is 0 Å². The van der Waals surface area contributed by atoms with Gasteiger partial charge < -0.3 is 20.3 Å². The lowest BCUT2D eigenvalue weighted by molar-refractivity contribution is -0.117. The monoisotopic (exact) mass is 400 g/mol. The summed E-state index contributed by atoms with van der Waals surface area (Å²) < 4.78 is 6.00. The molecule has 1 aromatic rings. The number of ether oxygens (including phenoxy) is 1. The highest BCUT2D eigenvalue weighted by molar-refractivity contribution is 5.95. The summed E-state index contributed by atoms with van der Waals surface area (Å²) in [5.41, 5.74) is 2.16. The van der Waals surface area contributed by atoms with E-state index in [-0.39, 0.29) is 5.91 Å². The Labute approximate surface area is 175 Å². The smallest absolute Gasteiger partial charge is 0.227 e. The third-order valence-corrected chi connectivity index (χ3v) is 6.03. The fraction of sp³-hybridized carbons (Fsp3) is 0.652. The fourth-order valence-corrected chi connectivity index (χ4v) is 4.45. The van der Waals surface area contributed by atoms with E-state index in [1.54, 1.807) is 7.05 Å². The van der Waals surface area contributed by atoms with Crippen molar-refractivity contribution in [2.45, 2.75) is 64.5 Å². The van der Waals surface area contributed by atoms with Gasteiger partial charge in [0.2, 0.25) is 5.91 Å². The van der Waals surface area contributed by atoms with Crippen molar-refractivity contribution < 1.29 is 9.53 Å². The summed E-state index contributed by atoms with van der Waals surface area (Å²) in [6, 6.07) is 8.22. The van der Waals surface area contributed by atoms with Gasteiger partial charge in [-0.25, -0.2) is 0 Å². The van der Waals surface area contributed by atoms with Crippen LogP contribution in [0.2, 0.25) is 0 Å². The lowest BCUT2D eigenvalue weighted by Gasteiger charge is -2.24. The summed E-state index contributed by atoms with van der Waals surface area (Å²) in [6.07, 6.45) is 8.27. The van der Waals surface area contributed by atoms with Crippen molar-refractivity contribution in [3.05, 3.63) is 29.8 Å². The number of amides is 1. The van der Waals surface area contributed by atoms with Crippen molar-refractivity contribution in [1.82, 2.24) is 10.6 Å². The Morgan fingerprint density at radius 2 is 1.97 bits per heavy atom. The largest absolute Gasteiger partial charge is 0.378 e. The molecule has 1 aliphatic carbocycles. The van der Waals surface area contributed by atoms with E-state index in [0.29, 0.717) is 25.0 Å². The zero-order chi connectivity index (χ0) is 20.5. The average molecular weight is 401 g/mol. The van der Waals surface area contributed by atoms with Crippen LogP contribution in [0.4, 0.5) is 5.69 Å². The molecular formula is C23H36N4O2. The van der Waals surface area contributed by atoms with E-state index in [4.69, 9.17) is 4.74 Å². The predicted molar refractivity (Wildman–Crippen MR) is 118 cm³/mol. The Balaban J connectivity index is 1.42. The molecule has 0 bridgehead atoms. The third-order valence-electron chi connectivity index (χ3n) is 6.03. The molecule has 0 spiro atoms. The Morgan fingerprint density at radius 1 is 1.21 bits per heavy atom. The van der Waals surface area contributed by atoms with Crippen LogP contribution in [0.3, 0.4) is 0 Å². The molecule has 160 valence electrons. The molecule has 1 heterocycles. The van der Waals surface area contributed by atoms with E-state index < -0.39 is 0 Å². The summed E-state index contributed by atoms with van der Waals surface area (Å²) in [5.74, 6) is 1.75. The van der Waals surface area contributed by atoms with Gasteiger partial charge in [0.15, 0.2) is 5.96 Å². The van der Waals surface area contributed by atoms with Crippen LogP contribution < -0.4 is 15.5 Å². The van der Waals surface area contributed by atoms with E-state index in [2.05, 4.69) is 34.7 Å². The molecule has 6 heteroatoms. The van der Waals surface area contributed by atoms with Crippen LogP contribution in [0, 0.1) is 5.92 Å². The topological polar surface area (TPSA) is 66.0 Å². The molecule has 2 aliphatic rings. The molecule has 6 nitrogen and oxygen atoms in total. The molecule has 1 unspecified atom stereocenters. The van der Waals surface area contributed by atoms with E-state index in [1.807, 2.05) is 17.0 Å². The summed E-state index contributed by atoms with van der Waals surface area (Å²) in [7, 11) is 1.80. The normalized spacial score (nSPS) is 19.0. The number of nitrogens with one attached hydrogen (secondary N) is 2. The Kier molecular flexibility index (Phi) is 8.35. The van der Waals surface area contributed by atoms with Crippen LogP contribution >= 0.6 is 0 Å². The maximum atomic E-state index is 11.9. The average Bonchev–Trinajstić information content (AvgIpc) is 3.42. The van der Waals surface area contributed by atoms with Crippen molar-refractivity contribution >= 4 is 17.6 Å². The number of anilines is 1. The zero-order valence-corrected chi connectivity index (χ0v) is 18.0. The zero-order valence-electron chi connectivity index (χ0n) is 18.0. The summed E-state index contributed by atoms with van der Waals surface area (Å²) in [4.78, 5) is 18.1. The van der Waals surface area contributed by atoms with Crippen LogP contribution in [0.5, 0.6) is 0 Å². The molecule has 1 saturated carbocycles. The molecular weight excluding hydrogens is 364 g/mol. The number of nitrogens with zero attached hydrogens (tertiary/aromatic N) is 2. The first kappa shape index (κ1) is 21.6. The first-order chi connectivity index (χ1) is 14.2. The van der Waals surface area contributed by atoms with Gasteiger partial charge in [-0.05, 0) is 56.2 Å². The Morgan fingerprint density at radius 3 is 2.59 bits per heavy atom. The standard InChI is InChI=1S/C23H36N4O2/c1-3-29-21(19-7-4-5-8-19)14-15-25-23(24-2)26-17-18-10-12-20(13-11-18)27-16-6-9-22(27)28/h10-13,19,21H,3-9,14-17H2,1-2H3,(H2,24,25,26). The second-order valence-electron chi connectivity index (χ2n) is 7.99. The van der Waals surface area contributed by atoms with Crippen LogP contribution in [-0.2, 0) is 16.1 Å². The summed E-state index contributed by atoms with van der Waals surface area (Å²) >= 11 is 0. The first-order valence-corrected chi connectivity index (χ1v) is 11.2. The van der Waals surface area contributed by atoms with Crippen LogP contribution in [0.1, 0.15) is 57.4 Å². The molecule has 1 aliphatic heterocycles. The third kappa shape index (κ3) is 6.20. The van der Waals surface area contributed by atoms with Crippen molar-refractivity contribution in [3.63, 3.8) is 0 Å². The lowest BCUT2D eigenvalue weighted by Crippen LogP contribution is -2.39. The number of rotatable bonds is 9. The molecule has 2 N–H and O–H groups in total. The molecule has 1 amide bonds.